The SMILES string of the molecule is C=CC.C=CC.C=CC.C=CC.[Br-].[NH4+]. The van der Waals surface area contributed by atoms with Gasteiger partial charge < -0.3 is 23.1 Å². The number of allylic oxidation sites excluding steroid dienone is 4. The molecule has 0 spiro atoms. The van der Waals surface area contributed by atoms with Gasteiger partial charge in [-0.15, -0.1) is 26.3 Å². The van der Waals surface area contributed by atoms with Crippen LogP contribution >= 0.6 is 0 Å². The summed E-state index contributed by atoms with van der Waals surface area (Å²) in [6.45, 7) is 21.0. The molecule has 88 valence electrons. The molecule has 0 amide bonds. The fraction of sp³-hybridized carbons (Fsp3) is 0.333. The van der Waals surface area contributed by atoms with Crippen LogP contribution in [0.2, 0.25) is 0 Å². The maximum absolute atomic E-state index is 3.36. The molecule has 0 saturated heterocycles. The molecule has 2 heteroatoms. The van der Waals surface area contributed by atoms with Crippen molar-refractivity contribution in [3.8, 4) is 0 Å². The second-order valence-corrected chi connectivity index (χ2v) is 1.63. The van der Waals surface area contributed by atoms with E-state index in [-0.39, 0.29) is 23.1 Å². The minimum atomic E-state index is 0. The first-order chi connectivity index (χ1) is 5.66. The van der Waals surface area contributed by atoms with E-state index in [0.717, 1.165) is 0 Å². The van der Waals surface area contributed by atoms with E-state index in [2.05, 4.69) is 26.3 Å². The molecule has 0 saturated carbocycles. The van der Waals surface area contributed by atoms with Crippen molar-refractivity contribution in [1.82, 2.24) is 6.15 Å². The van der Waals surface area contributed by atoms with Gasteiger partial charge in [0.1, 0.15) is 0 Å². The van der Waals surface area contributed by atoms with Crippen molar-refractivity contribution in [1.29, 1.82) is 0 Å². The molecule has 0 fully saturated rings. The third kappa shape index (κ3) is 3430. The topological polar surface area (TPSA) is 36.5 Å². The molecule has 0 unspecified atom stereocenters. The summed E-state index contributed by atoms with van der Waals surface area (Å²) in [7, 11) is 0. The zero-order chi connectivity index (χ0) is 10.8. The van der Waals surface area contributed by atoms with Gasteiger partial charge in [0.25, 0.3) is 0 Å². The van der Waals surface area contributed by atoms with Gasteiger partial charge in [-0.25, -0.2) is 0 Å². The van der Waals surface area contributed by atoms with Crippen molar-refractivity contribution in [2.45, 2.75) is 27.7 Å². The molecular weight excluding hydrogens is 238 g/mol. The maximum Gasteiger partial charge on any atom is -0.0473 e. The van der Waals surface area contributed by atoms with Crippen molar-refractivity contribution in [2.75, 3.05) is 0 Å². The van der Waals surface area contributed by atoms with Gasteiger partial charge in [-0.05, 0) is 27.7 Å². The highest BCUT2D eigenvalue weighted by molar-refractivity contribution is 4.52. The van der Waals surface area contributed by atoms with E-state index < -0.39 is 0 Å². The molecule has 0 aliphatic heterocycles. The Kier molecular flexibility index (Phi) is 375. The van der Waals surface area contributed by atoms with E-state index in [1.165, 1.54) is 0 Å². The predicted octanol–water partition coefficient (Wildman–Crippen LogP) is 2.15. The summed E-state index contributed by atoms with van der Waals surface area (Å²) >= 11 is 0. The summed E-state index contributed by atoms with van der Waals surface area (Å²) in [6, 6.07) is 0. The summed E-state index contributed by atoms with van der Waals surface area (Å²) < 4.78 is 0. The van der Waals surface area contributed by atoms with E-state index in [1.807, 2.05) is 27.7 Å². The third-order valence-corrected chi connectivity index (χ3v) is 0. The Bertz CT molecular complexity index is 64.3. The van der Waals surface area contributed by atoms with E-state index in [1.54, 1.807) is 24.3 Å². The highest BCUT2D eigenvalue weighted by Crippen LogP contribution is 1.39. The monoisotopic (exact) mass is 265 g/mol. The molecule has 14 heavy (non-hydrogen) atoms. The fourth-order valence-electron chi connectivity index (χ4n) is 0. The Labute approximate surface area is 102 Å². The maximum atomic E-state index is 3.36. The van der Waals surface area contributed by atoms with Gasteiger partial charge >= 0.3 is 0 Å². The second kappa shape index (κ2) is 139. The zero-order valence-electron chi connectivity index (χ0n) is 10.5. The van der Waals surface area contributed by atoms with Crippen LogP contribution in [0.1, 0.15) is 27.7 Å². The van der Waals surface area contributed by atoms with Gasteiger partial charge in [-0.3, -0.25) is 0 Å². The summed E-state index contributed by atoms with van der Waals surface area (Å²) in [4.78, 5) is 0. The summed E-state index contributed by atoms with van der Waals surface area (Å²) in [5.74, 6) is 0. The Morgan fingerprint density at radius 1 is 0.571 bits per heavy atom. The van der Waals surface area contributed by atoms with Crippen LogP contribution in [-0.4, -0.2) is 0 Å². The van der Waals surface area contributed by atoms with Crippen LogP contribution in [-0.2, 0) is 0 Å². The van der Waals surface area contributed by atoms with E-state index >= 15 is 0 Å². The molecule has 0 bridgehead atoms. The second-order valence-electron chi connectivity index (χ2n) is 1.63. The number of hydrogen-bond donors (Lipinski definition) is 1. The lowest BCUT2D eigenvalue weighted by atomic mass is 10.8. The van der Waals surface area contributed by atoms with Gasteiger partial charge in [0, 0.05) is 0 Å². The van der Waals surface area contributed by atoms with Crippen LogP contribution in [0.3, 0.4) is 0 Å². The Balaban J connectivity index is -0.0000000145. The average Bonchev–Trinajstić information content (AvgIpc) is 1.92. The Morgan fingerprint density at radius 3 is 0.571 bits per heavy atom. The lowest BCUT2D eigenvalue weighted by Crippen LogP contribution is -3.00. The average molecular weight is 266 g/mol. The molecular formula is C12H28BrN. The van der Waals surface area contributed by atoms with Crippen molar-refractivity contribution in [3.05, 3.63) is 50.6 Å². The smallest absolute Gasteiger partial charge is 0.0473 e. The molecule has 0 radical (unpaired) electrons. The van der Waals surface area contributed by atoms with Gasteiger partial charge in [-0.1, -0.05) is 24.3 Å². The first kappa shape index (κ1) is 37.6. The Morgan fingerprint density at radius 2 is 0.571 bits per heavy atom. The molecule has 0 aromatic rings. The lowest BCUT2D eigenvalue weighted by molar-refractivity contribution is -0.00000341. The zero-order valence-corrected chi connectivity index (χ0v) is 12.1. The molecule has 0 aliphatic rings. The molecule has 0 aliphatic carbocycles. The van der Waals surface area contributed by atoms with Gasteiger partial charge in [0.2, 0.25) is 0 Å². The van der Waals surface area contributed by atoms with Crippen LogP contribution in [0.4, 0.5) is 0 Å². The van der Waals surface area contributed by atoms with E-state index in [9.17, 15) is 0 Å². The summed E-state index contributed by atoms with van der Waals surface area (Å²) in [5, 5.41) is 0. The molecule has 0 rings (SSSR count). The molecule has 0 heterocycles. The first-order valence-electron chi connectivity index (χ1n) is 3.94. The molecule has 0 aromatic carbocycles. The summed E-state index contributed by atoms with van der Waals surface area (Å²) in [6.07, 6.45) is 7.00. The van der Waals surface area contributed by atoms with Crippen molar-refractivity contribution < 1.29 is 17.0 Å². The standard InChI is InChI=1S/4C3H6.BrH.H3N/c4*1-3-2;;/h4*3H,1H2,2H3;1H;1H3. The number of quaternary nitrogens is 1. The van der Waals surface area contributed by atoms with Crippen LogP contribution in [0.25, 0.3) is 0 Å². The van der Waals surface area contributed by atoms with Crippen LogP contribution in [0.5, 0.6) is 0 Å². The number of hydrogen-bond acceptors (Lipinski definition) is 0. The van der Waals surface area contributed by atoms with E-state index in [0.29, 0.717) is 0 Å². The van der Waals surface area contributed by atoms with Gasteiger partial charge in [-0.2, -0.15) is 0 Å². The summed E-state index contributed by atoms with van der Waals surface area (Å²) in [5.41, 5.74) is 0. The minimum absolute atomic E-state index is 0. The first-order valence-corrected chi connectivity index (χ1v) is 3.94. The van der Waals surface area contributed by atoms with Crippen LogP contribution < -0.4 is 23.1 Å². The lowest BCUT2D eigenvalue weighted by Gasteiger charge is -1.31. The highest BCUT2D eigenvalue weighted by atomic mass is 79.9. The molecule has 0 atom stereocenters. The largest absolute Gasteiger partial charge is 1.00 e. The van der Waals surface area contributed by atoms with Crippen LogP contribution in [0, 0.1) is 0 Å². The van der Waals surface area contributed by atoms with Crippen molar-refractivity contribution in [3.63, 3.8) is 0 Å². The fourth-order valence-corrected chi connectivity index (χ4v) is 0. The molecule has 0 aromatic heterocycles. The molecule has 1 nitrogen and oxygen atoms in total. The molecule has 4 N–H and O–H groups in total. The quantitative estimate of drug-likeness (QED) is 0.652. The van der Waals surface area contributed by atoms with E-state index in [4.69, 9.17) is 0 Å². The minimum Gasteiger partial charge on any atom is -1.00 e. The Hall–Kier alpha value is -0.600. The van der Waals surface area contributed by atoms with Crippen LogP contribution in [0.15, 0.2) is 50.6 Å². The predicted molar refractivity (Wildman–Crippen MR) is 69.5 cm³/mol. The number of rotatable bonds is 0. The van der Waals surface area contributed by atoms with Crippen molar-refractivity contribution >= 4 is 0 Å². The third-order valence-electron chi connectivity index (χ3n) is 0. The van der Waals surface area contributed by atoms with Gasteiger partial charge in [0.15, 0.2) is 0 Å². The number of halogens is 1. The van der Waals surface area contributed by atoms with Crippen molar-refractivity contribution in [2.24, 2.45) is 0 Å². The normalized spacial score (nSPS) is 3.71. The highest BCUT2D eigenvalue weighted by Gasteiger charge is 1.15. The van der Waals surface area contributed by atoms with Gasteiger partial charge in [0.05, 0.1) is 0 Å².